The lowest BCUT2D eigenvalue weighted by Crippen LogP contribution is -2.47. The van der Waals surface area contributed by atoms with Crippen molar-refractivity contribution in [3.8, 4) is 11.8 Å². The molecule has 0 unspecified atom stereocenters. The van der Waals surface area contributed by atoms with E-state index in [0.717, 1.165) is 17.3 Å². The Bertz CT molecular complexity index is 1070. The van der Waals surface area contributed by atoms with Crippen LogP contribution in [-0.4, -0.2) is 44.3 Å². The first kappa shape index (κ1) is 22.2. The first-order chi connectivity index (χ1) is 15.3. The molecular formula is C23H22BF3N3O2. The summed E-state index contributed by atoms with van der Waals surface area (Å²) in [6.45, 7) is 3.68. The second-order valence-corrected chi connectivity index (χ2v) is 8.13. The number of carbonyl (C=O) groups excluding carboxylic acids is 1. The van der Waals surface area contributed by atoms with E-state index in [0.29, 0.717) is 38.0 Å². The van der Waals surface area contributed by atoms with Crippen molar-refractivity contribution in [1.29, 1.82) is 5.26 Å². The molecule has 1 radical (unpaired) electrons. The summed E-state index contributed by atoms with van der Waals surface area (Å²) < 4.78 is 45.3. The maximum atomic E-state index is 13.2. The van der Waals surface area contributed by atoms with Crippen LogP contribution in [0.25, 0.3) is 0 Å². The molecule has 0 bridgehead atoms. The van der Waals surface area contributed by atoms with Gasteiger partial charge in [0.1, 0.15) is 19.6 Å². The molecule has 1 fully saturated rings. The normalized spacial score (nSPS) is 17.5. The standard InChI is InChI=1S/C23H22BF3N3O2/c1-24-19-4-3-16(13-17(19)23(25,26)27)32-11-10-30-8-6-22(7-9-30)18-12-15(14-28)2-5-20(18)29-21(22)31/h2-5,12-13H,6-11H2,1H3,(H,29,31). The lowest BCUT2D eigenvalue weighted by molar-refractivity contribution is -0.136. The van der Waals surface area contributed by atoms with Crippen LogP contribution in [0.1, 0.15) is 29.5 Å². The number of nitrogens with one attached hydrogen (secondary N) is 1. The number of halogens is 3. The summed E-state index contributed by atoms with van der Waals surface area (Å²) in [7, 11) is 1.42. The van der Waals surface area contributed by atoms with Gasteiger partial charge in [0, 0.05) is 12.2 Å². The number of piperidine rings is 1. The number of likely N-dealkylation sites (tertiary alicyclic amines) is 1. The monoisotopic (exact) mass is 440 g/mol. The molecule has 1 N–H and O–H groups in total. The van der Waals surface area contributed by atoms with Crippen molar-refractivity contribution in [1.82, 2.24) is 4.90 Å². The Morgan fingerprint density at radius 2 is 1.97 bits per heavy atom. The molecule has 2 aliphatic heterocycles. The minimum Gasteiger partial charge on any atom is -0.492 e. The molecule has 5 nitrogen and oxygen atoms in total. The summed E-state index contributed by atoms with van der Waals surface area (Å²) in [6, 6.07) is 11.4. The third-order valence-corrected chi connectivity index (χ3v) is 6.37. The number of anilines is 1. The Morgan fingerprint density at radius 1 is 1.22 bits per heavy atom. The van der Waals surface area contributed by atoms with Gasteiger partial charge in [-0.3, -0.25) is 9.69 Å². The SMILES string of the molecule is C[B]c1ccc(OCCN2CCC3(CC2)C(=O)Nc2ccc(C#N)cc23)cc1C(F)(F)F. The van der Waals surface area contributed by atoms with Crippen molar-refractivity contribution in [3.63, 3.8) is 0 Å². The van der Waals surface area contributed by atoms with Gasteiger partial charge in [-0.1, -0.05) is 18.4 Å². The second-order valence-electron chi connectivity index (χ2n) is 8.13. The smallest absolute Gasteiger partial charge is 0.416 e. The molecule has 32 heavy (non-hydrogen) atoms. The number of alkyl halides is 3. The minimum absolute atomic E-state index is 0.0361. The van der Waals surface area contributed by atoms with Crippen molar-refractivity contribution in [2.75, 3.05) is 31.6 Å². The summed E-state index contributed by atoms with van der Waals surface area (Å²) in [6.07, 6.45) is -3.22. The van der Waals surface area contributed by atoms with Crippen molar-refractivity contribution in [3.05, 3.63) is 53.1 Å². The van der Waals surface area contributed by atoms with Crippen LogP contribution in [-0.2, 0) is 16.4 Å². The Hall–Kier alpha value is -2.99. The van der Waals surface area contributed by atoms with Gasteiger partial charge in [0.25, 0.3) is 0 Å². The highest BCUT2D eigenvalue weighted by Crippen LogP contribution is 2.45. The highest BCUT2D eigenvalue weighted by molar-refractivity contribution is 6.52. The Kier molecular flexibility index (Phi) is 5.91. The first-order valence-electron chi connectivity index (χ1n) is 10.5. The number of hydrogen-bond acceptors (Lipinski definition) is 4. The van der Waals surface area contributed by atoms with Gasteiger partial charge in [0.05, 0.1) is 22.6 Å². The third kappa shape index (κ3) is 4.07. The number of rotatable bonds is 5. The summed E-state index contributed by atoms with van der Waals surface area (Å²) in [4.78, 5) is 14.9. The Morgan fingerprint density at radius 3 is 2.62 bits per heavy atom. The molecule has 1 saturated heterocycles. The van der Waals surface area contributed by atoms with Crippen LogP contribution in [0.5, 0.6) is 5.75 Å². The van der Waals surface area contributed by atoms with Gasteiger partial charge < -0.3 is 10.1 Å². The van der Waals surface area contributed by atoms with Crippen LogP contribution >= 0.6 is 0 Å². The predicted octanol–water partition coefficient (Wildman–Crippen LogP) is 3.32. The van der Waals surface area contributed by atoms with Crippen LogP contribution in [0.2, 0.25) is 6.82 Å². The van der Waals surface area contributed by atoms with E-state index in [2.05, 4.69) is 16.3 Å². The van der Waals surface area contributed by atoms with E-state index in [4.69, 9.17) is 4.74 Å². The molecule has 1 spiro atoms. The predicted molar refractivity (Wildman–Crippen MR) is 115 cm³/mol. The topological polar surface area (TPSA) is 65.4 Å². The van der Waals surface area contributed by atoms with E-state index in [-0.39, 0.29) is 23.7 Å². The molecular weight excluding hydrogens is 418 g/mol. The maximum absolute atomic E-state index is 13.2. The highest BCUT2D eigenvalue weighted by Gasteiger charge is 2.48. The summed E-state index contributed by atoms with van der Waals surface area (Å²) in [5, 5.41) is 12.1. The van der Waals surface area contributed by atoms with E-state index in [1.165, 1.54) is 13.3 Å². The average molecular weight is 440 g/mol. The minimum atomic E-state index is -4.44. The summed E-state index contributed by atoms with van der Waals surface area (Å²) >= 11 is 0. The number of hydrogen-bond donors (Lipinski definition) is 1. The quantitative estimate of drug-likeness (QED) is 0.725. The molecule has 2 aliphatic rings. The van der Waals surface area contributed by atoms with Crippen LogP contribution in [0.15, 0.2) is 36.4 Å². The number of nitriles is 1. The van der Waals surface area contributed by atoms with Gasteiger partial charge in [-0.15, -0.1) is 0 Å². The average Bonchev–Trinajstić information content (AvgIpc) is 3.05. The second kappa shape index (κ2) is 8.51. The first-order valence-corrected chi connectivity index (χ1v) is 10.5. The largest absolute Gasteiger partial charge is 0.492 e. The number of fused-ring (bicyclic) bond motifs is 2. The Labute approximate surface area is 185 Å². The number of amides is 1. The number of nitrogens with zero attached hydrogens (tertiary/aromatic N) is 2. The van der Waals surface area contributed by atoms with Crippen LogP contribution in [0, 0.1) is 11.3 Å². The number of ether oxygens (including phenoxy) is 1. The molecule has 4 rings (SSSR count). The van der Waals surface area contributed by atoms with Gasteiger partial charge in [-0.05, 0) is 61.8 Å². The van der Waals surface area contributed by atoms with E-state index >= 15 is 0 Å². The fraction of sp³-hybridized carbons (Fsp3) is 0.391. The molecule has 2 aromatic carbocycles. The maximum Gasteiger partial charge on any atom is 0.416 e. The van der Waals surface area contributed by atoms with Gasteiger partial charge in [-0.2, -0.15) is 18.4 Å². The molecule has 0 aromatic heterocycles. The van der Waals surface area contributed by atoms with Crippen LogP contribution < -0.4 is 15.5 Å². The zero-order chi connectivity index (χ0) is 22.9. The van der Waals surface area contributed by atoms with Crippen LogP contribution in [0.4, 0.5) is 18.9 Å². The number of carbonyl (C=O) groups is 1. The van der Waals surface area contributed by atoms with Gasteiger partial charge in [-0.25, -0.2) is 0 Å². The third-order valence-electron chi connectivity index (χ3n) is 6.37. The van der Waals surface area contributed by atoms with Gasteiger partial charge in [0.2, 0.25) is 5.91 Å². The van der Waals surface area contributed by atoms with Gasteiger partial charge >= 0.3 is 6.18 Å². The molecule has 2 aromatic rings. The molecule has 1 amide bonds. The zero-order valence-corrected chi connectivity index (χ0v) is 17.6. The van der Waals surface area contributed by atoms with E-state index in [1.807, 2.05) is 0 Å². The Balaban J connectivity index is 1.36. The summed E-state index contributed by atoms with van der Waals surface area (Å²) in [5.74, 6) is 0.149. The molecule has 2 heterocycles. The van der Waals surface area contributed by atoms with Crippen molar-refractivity contribution < 1.29 is 22.7 Å². The lowest BCUT2D eigenvalue weighted by Gasteiger charge is -2.38. The fourth-order valence-corrected chi connectivity index (χ4v) is 4.55. The number of benzene rings is 2. The fourth-order valence-electron chi connectivity index (χ4n) is 4.55. The molecule has 0 atom stereocenters. The van der Waals surface area contributed by atoms with Crippen molar-refractivity contribution in [2.45, 2.75) is 31.3 Å². The van der Waals surface area contributed by atoms with E-state index < -0.39 is 17.2 Å². The molecule has 9 heteroatoms. The van der Waals surface area contributed by atoms with Crippen molar-refractivity contribution >= 4 is 24.3 Å². The lowest BCUT2D eigenvalue weighted by atomic mass is 9.71. The van der Waals surface area contributed by atoms with E-state index in [1.54, 1.807) is 31.1 Å². The molecule has 0 saturated carbocycles. The van der Waals surface area contributed by atoms with Gasteiger partial charge in [0.15, 0.2) is 0 Å². The zero-order valence-electron chi connectivity index (χ0n) is 17.6. The highest BCUT2D eigenvalue weighted by atomic mass is 19.4. The molecule has 0 aliphatic carbocycles. The molecule has 165 valence electrons. The van der Waals surface area contributed by atoms with Crippen molar-refractivity contribution in [2.24, 2.45) is 0 Å². The van der Waals surface area contributed by atoms with Crippen LogP contribution in [0.3, 0.4) is 0 Å². The summed E-state index contributed by atoms with van der Waals surface area (Å²) in [5.41, 5.74) is 0.957. The van der Waals surface area contributed by atoms with E-state index in [9.17, 15) is 23.2 Å².